The van der Waals surface area contributed by atoms with Crippen molar-refractivity contribution in [1.29, 1.82) is 0 Å². The lowest BCUT2D eigenvalue weighted by Gasteiger charge is -2.21. The molecule has 5 heteroatoms. The third-order valence-corrected chi connectivity index (χ3v) is 3.12. The van der Waals surface area contributed by atoms with Gasteiger partial charge in [-0.15, -0.1) is 0 Å². The number of benzene rings is 1. The van der Waals surface area contributed by atoms with Gasteiger partial charge in [0.05, 0.1) is 12.1 Å². The van der Waals surface area contributed by atoms with Crippen LogP contribution in [0.5, 0.6) is 0 Å². The summed E-state index contributed by atoms with van der Waals surface area (Å²) in [7, 11) is 0. The summed E-state index contributed by atoms with van der Waals surface area (Å²) in [6, 6.07) is 7.15. The van der Waals surface area contributed by atoms with Crippen LogP contribution in [0.4, 0.5) is 0 Å². The van der Waals surface area contributed by atoms with Crippen LogP contribution < -0.4 is 10.6 Å². The summed E-state index contributed by atoms with van der Waals surface area (Å²) >= 11 is 0. The van der Waals surface area contributed by atoms with Crippen molar-refractivity contribution in [3.63, 3.8) is 0 Å². The number of carbonyl (C=O) groups excluding carboxylic acids is 2. The molecule has 0 aliphatic heterocycles. The highest BCUT2D eigenvalue weighted by molar-refractivity contribution is 5.96. The molecule has 0 aliphatic carbocycles. The van der Waals surface area contributed by atoms with Crippen LogP contribution in [0.2, 0.25) is 0 Å². The molecule has 1 rings (SSSR count). The molecule has 0 saturated carbocycles. The van der Waals surface area contributed by atoms with Gasteiger partial charge in [-0.2, -0.15) is 0 Å². The minimum absolute atomic E-state index is 0.105. The lowest BCUT2D eigenvalue weighted by molar-refractivity contribution is -0.121. The van der Waals surface area contributed by atoms with Gasteiger partial charge < -0.3 is 15.7 Å². The second kappa shape index (κ2) is 7.05. The van der Waals surface area contributed by atoms with Gasteiger partial charge in [0, 0.05) is 12.1 Å². The number of rotatable bonds is 6. The highest BCUT2D eigenvalue weighted by Gasteiger charge is 2.18. The summed E-state index contributed by atoms with van der Waals surface area (Å²) < 4.78 is 0. The monoisotopic (exact) mass is 278 g/mol. The second-order valence-corrected chi connectivity index (χ2v) is 5.18. The SMILES string of the molecule is CCC(C)(O)CNC(=O)CNC(=O)c1cccc(C)c1. The van der Waals surface area contributed by atoms with E-state index in [1.54, 1.807) is 25.1 Å². The molecule has 0 aromatic heterocycles. The van der Waals surface area contributed by atoms with Crippen molar-refractivity contribution in [3.8, 4) is 0 Å². The fraction of sp³-hybridized carbons (Fsp3) is 0.467. The molecule has 0 bridgehead atoms. The van der Waals surface area contributed by atoms with E-state index in [1.165, 1.54) is 0 Å². The Bertz CT molecular complexity index is 484. The third-order valence-electron chi connectivity index (χ3n) is 3.12. The van der Waals surface area contributed by atoms with Gasteiger partial charge in [0.15, 0.2) is 0 Å². The molecule has 3 N–H and O–H groups in total. The predicted molar refractivity (Wildman–Crippen MR) is 77.4 cm³/mol. The first-order valence-electron chi connectivity index (χ1n) is 6.68. The van der Waals surface area contributed by atoms with E-state index in [2.05, 4.69) is 10.6 Å². The average molecular weight is 278 g/mol. The summed E-state index contributed by atoms with van der Waals surface area (Å²) in [5.74, 6) is -0.606. The Kier molecular flexibility index (Phi) is 5.70. The molecule has 5 nitrogen and oxygen atoms in total. The molecule has 0 aliphatic rings. The zero-order chi connectivity index (χ0) is 15.2. The Morgan fingerprint density at radius 1 is 1.30 bits per heavy atom. The lowest BCUT2D eigenvalue weighted by Crippen LogP contribution is -2.44. The topological polar surface area (TPSA) is 78.4 Å². The fourth-order valence-electron chi connectivity index (χ4n) is 1.53. The standard InChI is InChI=1S/C15H22N2O3/c1-4-15(3,20)10-17-13(18)9-16-14(19)12-7-5-6-11(2)8-12/h5-8,20H,4,9-10H2,1-3H3,(H,16,19)(H,17,18). The average Bonchev–Trinajstić information content (AvgIpc) is 2.42. The molecule has 0 heterocycles. The molecule has 1 unspecified atom stereocenters. The van der Waals surface area contributed by atoms with Crippen LogP contribution in [0.3, 0.4) is 0 Å². The maximum Gasteiger partial charge on any atom is 0.251 e. The zero-order valence-corrected chi connectivity index (χ0v) is 12.2. The molecule has 1 atom stereocenters. The predicted octanol–water partition coefficient (Wildman–Crippen LogP) is 1.00. The van der Waals surface area contributed by atoms with E-state index in [4.69, 9.17) is 0 Å². The molecule has 1 aromatic rings. The molecule has 0 fully saturated rings. The normalized spacial score (nSPS) is 13.4. The van der Waals surface area contributed by atoms with Gasteiger partial charge in [-0.3, -0.25) is 9.59 Å². The number of nitrogens with one attached hydrogen (secondary N) is 2. The van der Waals surface area contributed by atoms with Gasteiger partial charge in [0.1, 0.15) is 0 Å². The molecular formula is C15H22N2O3. The molecule has 20 heavy (non-hydrogen) atoms. The first-order valence-corrected chi connectivity index (χ1v) is 6.68. The van der Waals surface area contributed by atoms with Crippen LogP contribution >= 0.6 is 0 Å². The minimum atomic E-state index is -0.920. The van der Waals surface area contributed by atoms with Gasteiger partial charge in [-0.1, -0.05) is 24.6 Å². The van der Waals surface area contributed by atoms with Gasteiger partial charge >= 0.3 is 0 Å². The van der Waals surface area contributed by atoms with Crippen LogP contribution in [-0.2, 0) is 4.79 Å². The van der Waals surface area contributed by atoms with Gasteiger partial charge in [0.2, 0.25) is 5.91 Å². The van der Waals surface area contributed by atoms with Crippen LogP contribution in [0.1, 0.15) is 36.2 Å². The quantitative estimate of drug-likeness (QED) is 0.726. The number of hydrogen-bond donors (Lipinski definition) is 3. The molecule has 0 radical (unpaired) electrons. The summed E-state index contributed by atoms with van der Waals surface area (Å²) in [5, 5.41) is 14.9. The Balaban J connectivity index is 2.40. The second-order valence-electron chi connectivity index (χ2n) is 5.18. The smallest absolute Gasteiger partial charge is 0.251 e. The van der Waals surface area contributed by atoms with E-state index in [1.807, 2.05) is 19.9 Å². The minimum Gasteiger partial charge on any atom is -0.388 e. The van der Waals surface area contributed by atoms with Gasteiger partial charge in [-0.05, 0) is 32.4 Å². The van der Waals surface area contributed by atoms with Crippen molar-refractivity contribution >= 4 is 11.8 Å². The Labute approximate surface area is 119 Å². The van der Waals surface area contributed by atoms with E-state index in [-0.39, 0.29) is 24.9 Å². The molecule has 2 amide bonds. The molecule has 0 spiro atoms. The van der Waals surface area contributed by atoms with Crippen molar-refractivity contribution in [1.82, 2.24) is 10.6 Å². The summed E-state index contributed by atoms with van der Waals surface area (Å²) in [6.07, 6.45) is 0.545. The van der Waals surface area contributed by atoms with Crippen molar-refractivity contribution in [3.05, 3.63) is 35.4 Å². The zero-order valence-electron chi connectivity index (χ0n) is 12.2. The van der Waals surface area contributed by atoms with E-state index in [0.29, 0.717) is 12.0 Å². The first-order chi connectivity index (χ1) is 9.34. The molecule has 110 valence electrons. The highest BCUT2D eigenvalue weighted by atomic mass is 16.3. The highest BCUT2D eigenvalue weighted by Crippen LogP contribution is 2.05. The summed E-state index contributed by atoms with van der Waals surface area (Å²) in [6.45, 7) is 5.45. The van der Waals surface area contributed by atoms with Crippen molar-refractivity contribution < 1.29 is 14.7 Å². The summed E-state index contributed by atoms with van der Waals surface area (Å²) in [4.78, 5) is 23.4. The van der Waals surface area contributed by atoms with Crippen LogP contribution in [-0.4, -0.2) is 35.6 Å². The van der Waals surface area contributed by atoms with Crippen molar-refractivity contribution in [2.45, 2.75) is 32.8 Å². The van der Waals surface area contributed by atoms with Gasteiger partial charge in [0.25, 0.3) is 5.91 Å². The first kappa shape index (κ1) is 16.2. The van der Waals surface area contributed by atoms with E-state index < -0.39 is 5.60 Å². The maximum atomic E-state index is 11.8. The van der Waals surface area contributed by atoms with E-state index in [9.17, 15) is 14.7 Å². The fourth-order valence-corrected chi connectivity index (χ4v) is 1.53. The Morgan fingerprint density at radius 2 is 2.00 bits per heavy atom. The molecule has 1 aromatic carbocycles. The van der Waals surface area contributed by atoms with Crippen LogP contribution in [0.25, 0.3) is 0 Å². The van der Waals surface area contributed by atoms with Crippen molar-refractivity contribution in [2.24, 2.45) is 0 Å². The maximum absolute atomic E-state index is 11.8. The number of aliphatic hydroxyl groups is 1. The van der Waals surface area contributed by atoms with Crippen molar-refractivity contribution in [2.75, 3.05) is 13.1 Å². The summed E-state index contributed by atoms with van der Waals surface area (Å²) in [5.41, 5.74) is 0.593. The van der Waals surface area contributed by atoms with Crippen LogP contribution in [0, 0.1) is 6.92 Å². The number of hydrogen-bond acceptors (Lipinski definition) is 3. The van der Waals surface area contributed by atoms with Gasteiger partial charge in [-0.25, -0.2) is 0 Å². The number of amides is 2. The third kappa shape index (κ3) is 5.40. The Hall–Kier alpha value is -1.88. The lowest BCUT2D eigenvalue weighted by atomic mass is 10.0. The Morgan fingerprint density at radius 3 is 2.60 bits per heavy atom. The van der Waals surface area contributed by atoms with E-state index in [0.717, 1.165) is 5.56 Å². The molecular weight excluding hydrogens is 256 g/mol. The number of carbonyl (C=O) groups is 2. The van der Waals surface area contributed by atoms with Crippen LogP contribution in [0.15, 0.2) is 24.3 Å². The van der Waals surface area contributed by atoms with E-state index >= 15 is 0 Å². The molecule has 0 saturated heterocycles. The number of aryl methyl sites for hydroxylation is 1. The largest absolute Gasteiger partial charge is 0.388 e.